The molecule has 0 fully saturated rings. The highest BCUT2D eigenvalue weighted by atomic mass is 14.8. The Morgan fingerprint density at radius 1 is 0.889 bits per heavy atom. The summed E-state index contributed by atoms with van der Waals surface area (Å²) < 4.78 is 0. The zero-order chi connectivity index (χ0) is 13.6. The van der Waals surface area contributed by atoms with E-state index < -0.39 is 0 Å². The van der Waals surface area contributed by atoms with Crippen LogP contribution in [0.1, 0.15) is 52.8 Å². The molecular weight excluding hydrogens is 220 g/mol. The Morgan fingerprint density at radius 2 is 1.56 bits per heavy atom. The lowest BCUT2D eigenvalue weighted by Crippen LogP contribution is -2.16. The molecule has 0 amide bonds. The smallest absolute Gasteiger partial charge is 0.0922 e. The van der Waals surface area contributed by atoms with Crippen molar-refractivity contribution >= 4 is 10.9 Å². The third kappa shape index (κ3) is 2.38. The van der Waals surface area contributed by atoms with Crippen molar-refractivity contribution in [2.75, 3.05) is 0 Å². The van der Waals surface area contributed by atoms with Crippen LogP contribution in [0.3, 0.4) is 0 Å². The van der Waals surface area contributed by atoms with Crippen molar-refractivity contribution in [2.24, 2.45) is 0 Å². The predicted octanol–water partition coefficient (Wildman–Crippen LogP) is 4.22. The van der Waals surface area contributed by atoms with E-state index in [2.05, 4.69) is 57.6 Å². The molecule has 0 aliphatic rings. The lowest BCUT2D eigenvalue weighted by atomic mass is 9.86. The van der Waals surface area contributed by atoms with Crippen molar-refractivity contribution in [1.29, 1.82) is 0 Å². The Labute approximate surface area is 109 Å². The summed E-state index contributed by atoms with van der Waals surface area (Å²) in [7, 11) is 0. The van der Waals surface area contributed by atoms with Gasteiger partial charge in [-0.05, 0) is 23.1 Å². The molecule has 0 radical (unpaired) electrons. The summed E-state index contributed by atoms with van der Waals surface area (Å²) in [5.74, 6) is 0. The molecule has 0 spiro atoms. The summed E-state index contributed by atoms with van der Waals surface area (Å²) in [5.41, 5.74) is 3.52. The topological polar surface area (TPSA) is 25.8 Å². The molecule has 0 aliphatic carbocycles. The van der Waals surface area contributed by atoms with Gasteiger partial charge in [-0.3, -0.25) is 9.97 Å². The molecule has 2 aromatic rings. The van der Waals surface area contributed by atoms with Gasteiger partial charge in [0.2, 0.25) is 0 Å². The Hall–Kier alpha value is -1.44. The maximum absolute atomic E-state index is 4.65. The van der Waals surface area contributed by atoms with Crippen LogP contribution in [0, 0.1) is 0 Å². The molecule has 0 unspecified atom stereocenters. The van der Waals surface area contributed by atoms with Crippen molar-refractivity contribution in [3.05, 3.63) is 35.8 Å². The molecule has 2 heteroatoms. The van der Waals surface area contributed by atoms with Gasteiger partial charge in [0.15, 0.2) is 0 Å². The minimum atomic E-state index is 0.0236. The molecule has 18 heavy (non-hydrogen) atoms. The van der Waals surface area contributed by atoms with Gasteiger partial charge < -0.3 is 0 Å². The standard InChI is InChI=1S/C16H22N2/c1-15(2,3)12-9-11-7-8-17-14(16(4,5)6)13(11)18-10-12/h7-10H,1-6H3. The number of aromatic nitrogens is 2. The van der Waals surface area contributed by atoms with Crippen LogP contribution in [0.15, 0.2) is 24.5 Å². The van der Waals surface area contributed by atoms with E-state index in [1.165, 1.54) is 10.9 Å². The second kappa shape index (κ2) is 4.04. The Kier molecular flexibility index (Phi) is 2.92. The molecule has 2 nitrogen and oxygen atoms in total. The summed E-state index contributed by atoms with van der Waals surface area (Å²) >= 11 is 0. The molecule has 0 saturated heterocycles. The Bertz CT molecular complexity index is 572. The van der Waals surface area contributed by atoms with Gasteiger partial charge in [0.1, 0.15) is 0 Å². The summed E-state index contributed by atoms with van der Waals surface area (Å²) in [6.45, 7) is 13.2. The average molecular weight is 242 g/mol. The largest absolute Gasteiger partial charge is 0.258 e. The van der Waals surface area contributed by atoms with Gasteiger partial charge in [-0.15, -0.1) is 0 Å². The molecule has 0 N–H and O–H groups in total. The second-order valence-corrected chi connectivity index (χ2v) is 6.96. The van der Waals surface area contributed by atoms with Crippen molar-refractivity contribution in [3.8, 4) is 0 Å². The highest BCUT2D eigenvalue weighted by Crippen LogP contribution is 2.29. The minimum absolute atomic E-state index is 0.0236. The number of hydrogen-bond acceptors (Lipinski definition) is 2. The van der Waals surface area contributed by atoms with Gasteiger partial charge in [0.05, 0.1) is 11.2 Å². The Balaban J connectivity index is 2.68. The van der Waals surface area contributed by atoms with Gasteiger partial charge in [-0.2, -0.15) is 0 Å². The lowest BCUT2D eigenvalue weighted by Gasteiger charge is -2.22. The van der Waals surface area contributed by atoms with Crippen LogP contribution in [0.5, 0.6) is 0 Å². The fourth-order valence-electron chi connectivity index (χ4n) is 2.02. The summed E-state index contributed by atoms with van der Waals surface area (Å²) in [5, 5.41) is 1.18. The monoisotopic (exact) mass is 242 g/mol. The van der Waals surface area contributed by atoms with E-state index in [0.29, 0.717) is 0 Å². The SMILES string of the molecule is CC(C)(C)c1cnc2c(C(C)(C)C)nccc2c1. The first kappa shape index (κ1) is 13.0. The third-order valence-corrected chi connectivity index (χ3v) is 3.18. The van der Waals surface area contributed by atoms with Crippen molar-refractivity contribution in [2.45, 2.75) is 52.4 Å². The fraction of sp³-hybridized carbons (Fsp3) is 0.500. The van der Waals surface area contributed by atoms with Crippen LogP contribution < -0.4 is 0 Å². The number of rotatable bonds is 0. The molecular formula is C16H22N2. The van der Waals surface area contributed by atoms with Crippen molar-refractivity contribution < 1.29 is 0 Å². The number of hydrogen-bond donors (Lipinski definition) is 0. The minimum Gasteiger partial charge on any atom is -0.258 e. The number of pyridine rings is 2. The van der Waals surface area contributed by atoms with Gasteiger partial charge in [-0.25, -0.2) is 0 Å². The summed E-state index contributed by atoms with van der Waals surface area (Å²) in [4.78, 5) is 9.16. The molecule has 0 aliphatic heterocycles. The first-order valence-electron chi connectivity index (χ1n) is 6.45. The molecule has 0 bridgehead atoms. The first-order chi connectivity index (χ1) is 8.19. The van der Waals surface area contributed by atoms with Gasteiger partial charge >= 0.3 is 0 Å². The zero-order valence-electron chi connectivity index (χ0n) is 12.2. The van der Waals surface area contributed by atoms with E-state index in [0.717, 1.165) is 11.2 Å². The van der Waals surface area contributed by atoms with Gasteiger partial charge in [0, 0.05) is 23.2 Å². The van der Waals surface area contributed by atoms with Crippen LogP contribution in [0.4, 0.5) is 0 Å². The Morgan fingerprint density at radius 3 is 2.11 bits per heavy atom. The van der Waals surface area contributed by atoms with E-state index in [9.17, 15) is 0 Å². The van der Waals surface area contributed by atoms with Gasteiger partial charge in [-0.1, -0.05) is 41.5 Å². The predicted molar refractivity (Wildman–Crippen MR) is 76.9 cm³/mol. The van der Waals surface area contributed by atoms with E-state index in [4.69, 9.17) is 0 Å². The van der Waals surface area contributed by atoms with Crippen molar-refractivity contribution in [3.63, 3.8) is 0 Å². The highest BCUT2D eigenvalue weighted by Gasteiger charge is 2.21. The van der Waals surface area contributed by atoms with Crippen LogP contribution in [0.2, 0.25) is 0 Å². The maximum Gasteiger partial charge on any atom is 0.0922 e. The number of fused-ring (bicyclic) bond motifs is 1. The second-order valence-electron chi connectivity index (χ2n) is 6.96. The molecule has 96 valence electrons. The van der Waals surface area contributed by atoms with Crippen LogP contribution in [0.25, 0.3) is 10.9 Å². The quantitative estimate of drug-likeness (QED) is 0.691. The summed E-state index contributed by atoms with van der Waals surface area (Å²) in [6, 6.07) is 4.28. The van der Waals surface area contributed by atoms with Gasteiger partial charge in [0.25, 0.3) is 0 Å². The maximum atomic E-state index is 4.65. The van der Waals surface area contributed by atoms with Crippen LogP contribution >= 0.6 is 0 Å². The molecule has 2 heterocycles. The fourth-order valence-corrected chi connectivity index (χ4v) is 2.02. The van der Waals surface area contributed by atoms with Crippen LogP contribution in [-0.4, -0.2) is 9.97 Å². The normalized spacial score (nSPS) is 13.0. The van der Waals surface area contributed by atoms with E-state index >= 15 is 0 Å². The molecule has 0 saturated carbocycles. The average Bonchev–Trinajstić information content (AvgIpc) is 2.25. The van der Waals surface area contributed by atoms with E-state index in [-0.39, 0.29) is 10.8 Å². The molecule has 2 rings (SSSR count). The molecule has 0 atom stereocenters. The molecule has 2 aromatic heterocycles. The van der Waals surface area contributed by atoms with E-state index in [1.807, 2.05) is 18.5 Å². The first-order valence-corrected chi connectivity index (χ1v) is 6.45. The van der Waals surface area contributed by atoms with Crippen LogP contribution in [-0.2, 0) is 10.8 Å². The molecule has 0 aromatic carbocycles. The lowest BCUT2D eigenvalue weighted by molar-refractivity contribution is 0.572. The number of nitrogens with zero attached hydrogens (tertiary/aromatic N) is 2. The summed E-state index contributed by atoms with van der Waals surface area (Å²) in [6.07, 6.45) is 3.87. The van der Waals surface area contributed by atoms with E-state index in [1.54, 1.807) is 0 Å². The zero-order valence-corrected chi connectivity index (χ0v) is 12.2. The third-order valence-electron chi connectivity index (χ3n) is 3.18. The van der Waals surface area contributed by atoms with Crippen molar-refractivity contribution in [1.82, 2.24) is 9.97 Å². The highest BCUT2D eigenvalue weighted by molar-refractivity contribution is 5.81.